The zero-order chi connectivity index (χ0) is 15.9. The predicted octanol–water partition coefficient (Wildman–Crippen LogP) is 0.426. The summed E-state index contributed by atoms with van der Waals surface area (Å²) >= 11 is 0. The van der Waals surface area contributed by atoms with Gasteiger partial charge in [0.25, 0.3) is 0 Å². The van der Waals surface area contributed by atoms with Crippen LogP contribution in [0.15, 0.2) is 33.9 Å². The second-order valence-electron chi connectivity index (χ2n) is 4.68. The second-order valence-corrected chi connectivity index (χ2v) is 4.68. The third kappa shape index (κ3) is 2.18. The molecule has 1 aromatic carbocycles. The molecule has 2 aromatic rings. The lowest BCUT2D eigenvalue weighted by Crippen LogP contribution is -2.27. The number of H-pyrrole nitrogens is 2. The zero-order valence-electron chi connectivity index (χ0n) is 11.0. The average molecular weight is 303 g/mol. The molecule has 0 saturated carbocycles. The first kappa shape index (κ1) is 13.7. The maximum absolute atomic E-state index is 11.7. The van der Waals surface area contributed by atoms with Crippen LogP contribution in [0.5, 0.6) is 0 Å². The monoisotopic (exact) mass is 303 g/mol. The minimum Gasteiger partial charge on any atom is -0.453 e. The molecule has 1 aliphatic heterocycles. The molecule has 1 aromatic heterocycles. The number of carbonyl (C=O) groups is 1. The van der Waals surface area contributed by atoms with Gasteiger partial charge in [-0.1, -0.05) is 18.2 Å². The molecule has 2 N–H and O–H groups in total. The number of hydrogen-bond acceptors (Lipinski definition) is 6. The molecule has 0 spiro atoms. The first-order valence-corrected chi connectivity index (χ1v) is 6.27. The minimum absolute atomic E-state index is 0.168. The van der Waals surface area contributed by atoms with E-state index in [1.165, 1.54) is 0 Å². The lowest BCUT2D eigenvalue weighted by atomic mass is 10.0. The molecule has 0 bridgehead atoms. The molecule has 9 heteroatoms. The molecule has 0 aliphatic carbocycles. The number of cyclic esters (lactones) is 1. The SMILES string of the molecule is O=C1OC(Cc2[nH]c(=O)[nH]c(=O)c2[N+](=O)[O-])c2ccccc21. The molecule has 0 amide bonds. The van der Waals surface area contributed by atoms with E-state index >= 15 is 0 Å². The summed E-state index contributed by atoms with van der Waals surface area (Å²) in [4.78, 5) is 48.7. The highest BCUT2D eigenvalue weighted by atomic mass is 16.6. The van der Waals surface area contributed by atoms with E-state index in [-0.39, 0.29) is 12.1 Å². The van der Waals surface area contributed by atoms with Crippen molar-refractivity contribution in [2.45, 2.75) is 12.5 Å². The molecule has 1 unspecified atom stereocenters. The minimum atomic E-state index is -1.10. The number of benzene rings is 1. The third-order valence-electron chi connectivity index (χ3n) is 3.34. The van der Waals surface area contributed by atoms with E-state index in [1.807, 2.05) is 0 Å². The van der Waals surface area contributed by atoms with Gasteiger partial charge in [0.1, 0.15) is 11.8 Å². The van der Waals surface area contributed by atoms with Crippen molar-refractivity contribution in [1.29, 1.82) is 0 Å². The van der Waals surface area contributed by atoms with Crippen LogP contribution < -0.4 is 11.2 Å². The number of nitrogens with zero attached hydrogens (tertiary/aromatic N) is 1. The number of fused-ring (bicyclic) bond motifs is 1. The summed E-state index contributed by atoms with van der Waals surface area (Å²) in [5.74, 6) is -0.546. The van der Waals surface area contributed by atoms with Crippen molar-refractivity contribution in [2.75, 3.05) is 0 Å². The van der Waals surface area contributed by atoms with Crippen LogP contribution in [0.2, 0.25) is 0 Å². The van der Waals surface area contributed by atoms with Gasteiger partial charge in [0, 0.05) is 12.0 Å². The van der Waals surface area contributed by atoms with Crippen LogP contribution in [-0.2, 0) is 11.2 Å². The van der Waals surface area contributed by atoms with E-state index in [1.54, 1.807) is 29.2 Å². The van der Waals surface area contributed by atoms with Gasteiger partial charge in [-0.2, -0.15) is 0 Å². The fourth-order valence-electron chi connectivity index (χ4n) is 2.42. The second kappa shape index (κ2) is 4.95. The molecule has 0 radical (unpaired) electrons. The van der Waals surface area contributed by atoms with E-state index in [2.05, 4.69) is 4.98 Å². The van der Waals surface area contributed by atoms with Gasteiger partial charge in [0.2, 0.25) is 0 Å². The Bertz CT molecular complexity index is 897. The largest absolute Gasteiger partial charge is 0.453 e. The first-order valence-electron chi connectivity index (χ1n) is 6.27. The molecule has 0 fully saturated rings. The summed E-state index contributed by atoms with van der Waals surface area (Å²) in [7, 11) is 0. The summed E-state index contributed by atoms with van der Waals surface area (Å²) in [6.07, 6.45) is -0.960. The lowest BCUT2D eigenvalue weighted by molar-refractivity contribution is -0.387. The van der Waals surface area contributed by atoms with Crippen molar-refractivity contribution >= 4 is 11.7 Å². The van der Waals surface area contributed by atoms with E-state index in [0.717, 1.165) is 0 Å². The third-order valence-corrected chi connectivity index (χ3v) is 3.34. The van der Waals surface area contributed by atoms with Crippen LogP contribution in [0, 0.1) is 10.1 Å². The predicted molar refractivity (Wildman–Crippen MR) is 72.6 cm³/mol. The molecule has 1 aliphatic rings. The van der Waals surface area contributed by atoms with Crippen molar-refractivity contribution in [1.82, 2.24) is 9.97 Å². The van der Waals surface area contributed by atoms with Crippen molar-refractivity contribution in [2.24, 2.45) is 0 Å². The van der Waals surface area contributed by atoms with Crippen LogP contribution in [0.4, 0.5) is 5.69 Å². The van der Waals surface area contributed by atoms with E-state index in [0.29, 0.717) is 11.1 Å². The molecule has 2 heterocycles. The van der Waals surface area contributed by atoms with E-state index < -0.39 is 33.9 Å². The Balaban J connectivity index is 2.06. The van der Waals surface area contributed by atoms with Gasteiger partial charge in [0.15, 0.2) is 0 Å². The molecular weight excluding hydrogens is 294 g/mol. The Labute approximate surface area is 121 Å². The molecular formula is C13H9N3O6. The zero-order valence-corrected chi connectivity index (χ0v) is 11.0. The summed E-state index contributed by atoms with van der Waals surface area (Å²) in [6, 6.07) is 6.59. The van der Waals surface area contributed by atoms with E-state index in [4.69, 9.17) is 4.74 Å². The van der Waals surface area contributed by atoms with Gasteiger partial charge in [0.05, 0.1) is 10.5 Å². The normalized spacial score (nSPS) is 16.2. The van der Waals surface area contributed by atoms with Gasteiger partial charge >= 0.3 is 22.9 Å². The number of hydrogen-bond donors (Lipinski definition) is 2. The molecule has 112 valence electrons. The first-order chi connectivity index (χ1) is 10.5. The number of nitrogens with one attached hydrogen (secondary N) is 2. The number of aromatic nitrogens is 2. The quantitative estimate of drug-likeness (QED) is 0.479. The fourth-order valence-corrected chi connectivity index (χ4v) is 2.42. The Hall–Kier alpha value is -3.23. The van der Waals surface area contributed by atoms with Gasteiger partial charge in [-0.25, -0.2) is 9.59 Å². The summed E-state index contributed by atoms with van der Waals surface area (Å²) in [6.45, 7) is 0. The van der Waals surface area contributed by atoms with Gasteiger partial charge < -0.3 is 9.72 Å². The summed E-state index contributed by atoms with van der Waals surface area (Å²) in [5.41, 5.74) is -1.98. The summed E-state index contributed by atoms with van der Waals surface area (Å²) < 4.78 is 5.15. The van der Waals surface area contributed by atoms with Crippen LogP contribution in [0.3, 0.4) is 0 Å². The van der Waals surface area contributed by atoms with Crippen molar-refractivity contribution in [3.05, 3.63) is 72.0 Å². The highest BCUT2D eigenvalue weighted by Crippen LogP contribution is 2.33. The molecule has 9 nitrogen and oxygen atoms in total. The number of rotatable bonds is 3. The van der Waals surface area contributed by atoms with Crippen molar-refractivity contribution < 1.29 is 14.5 Å². The van der Waals surface area contributed by atoms with Crippen LogP contribution >= 0.6 is 0 Å². The smallest absolute Gasteiger partial charge is 0.353 e. The maximum Gasteiger partial charge on any atom is 0.353 e. The highest BCUT2D eigenvalue weighted by Gasteiger charge is 2.33. The van der Waals surface area contributed by atoms with Crippen LogP contribution in [0.25, 0.3) is 0 Å². The molecule has 1 atom stereocenters. The Morgan fingerprint density at radius 2 is 1.91 bits per heavy atom. The van der Waals surface area contributed by atoms with Crippen LogP contribution in [-0.4, -0.2) is 20.9 Å². The Morgan fingerprint density at radius 1 is 1.18 bits per heavy atom. The van der Waals surface area contributed by atoms with Crippen molar-refractivity contribution in [3.63, 3.8) is 0 Å². The maximum atomic E-state index is 11.7. The van der Waals surface area contributed by atoms with Crippen molar-refractivity contribution in [3.8, 4) is 0 Å². The number of carbonyl (C=O) groups excluding carboxylic acids is 1. The molecule has 3 rings (SSSR count). The Kier molecular flexibility index (Phi) is 3.09. The standard InChI is InChI=1S/C13H9N3O6/c17-11-10(16(20)21)8(14-13(19)15-11)5-9-6-3-1-2-4-7(6)12(18)22-9/h1-4,9H,5H2,(H2,14,15,17,19). The Morgan fingerprint density at radius 3 is 2.64 bits per heavy atom. The topological polar surface area (TPSA) is 135 Å². The fraction of sp³-hybridized carbons (Fsp3) is 0.154. The number of aromatic amines is 2. The number of ether oxygens (including phenoxy) is 1. The van der Waals surface area contributed by atoms with Gasteiger partial charge in [-0.05, 0) is 6.07 Å². The van der Waals surface area contributed by atoms with Gasteiger partial charge in [-0.15, -0.1) is 0 Å². The molecule has 0 saturated heterocycles. The molecule has 22 heavy (non-hydrogen) atoms. The summed E-state index contributed by atoms with van der Waals surface area (Å²) in [5, 5.41) is 11.0. The van der Waals surface area contributed by atoms with Crippen LogP contribution in [0.1, 0.15) is 27.7 Å². The average Bonchev–Trinajstić information content (AvgIpc) is 2.75. The number of esters is 1. The van der Waals surface area contributed by atoms with E-state index in [9.17, 15) is 24.5 Å². The highest BCUT2D eigenvalue weighted by molar-refractivity contribution is 5.94. The number of nitro groups is 1. The lowest BCUT2D eigenvalue weighted by Gasteiger charge is -2.10. The van der Waals surface area contributed by atoms with Gasteiger partial charge in [-0.3, -0.25) is 19.9 Å².